The van der Waals surface area contributed by atoms with E-state index in [4.69, 9.17) is 0 Å². The molecule has 1 rings (SSSR count). The number of aryl methyl sites for hydroxylation is 2. The number of aromatic hydroxyl groups is 1. The number of carbonyl (C=O) groups excluding carboxylic acids is 1. The zero-order valence-electron chi connectivity index (χ0n) is 11.2. The number of carbonyl (C=O) groups is 1. The second-order valence-corrected chi connectivity index (χ2v) is 5.03. The van der Waals surface area contributed by atoms with Crippen molar-refractivity contribution in [1.82, 2.24) is 0 Å². The van der Waals surface area contributed by atoms with Gasteiger partial charge in [0.05, 0.1) is 0 Å². The van der Waals surface area contributed by atoms with E-state index < -0.39 is 0 Å². The first-order valence-corrected chi connectivity index (χ1v) is 6.23. The molecule has 17 heavy (non-hydrogen) atoms. The zero-order valence-corrected chi connectivity index (χ0v) is 11.2. The molecule has 0 aromatic heterocycles. The lowest BCUT2D eigenvalue weighted by molar-refractivity contribution is -0.121. The van der Waals surface area contributed by atoms with Gasteiger partial charge < -0.3 is 5.11 Å². The molecule has 0 aliphatic carbocycles. The molecular weight excluding hydrogens is 212 g/mol. The van der Waals surface area contributed by atoms with E-state index in [0.29, 0.717) is 18.0 Å². The maximum absolute atomic E-state index is 11.5. The first-order chi connectivity index (χ1) is 7.91. The molecule has 0 heterocycles. The Morgan fingerprint density at radius 2 is 1.76 bits per heavy atom. The Hall–Kier alpha value is -1.31. The minimum absolute atomic E-state index is 0.136. The van der Waals surface area contributed by atoms with Crippen LogP contribution in [0.2, 0.25) is 0 Å². The van der Waals surface area contributed by atoms with Gasteiger partial charge in [-0.2, -0.15) is 0 Å². The van der Waals surface area contributed by atoms with Crippen LogP contribution in [0.3, 0.4) is 0 Å². The first kappa shape index (κ1) is 13.8. The molecule has 1 aromatic carbocycles. The van der Waals surface area contributed by atoms with Crippen molar-refractivity contribution in [2.24, 2.45) is 5.92 Å². The van der Waals surface area contributed by atoms with Crippen molar-refractivity contribution in [3.63, 3.8) is 0 Å². The van der Waals surface area contributed by atoms with E-state index in [1.807, 2.05) is 27.7 Å². The van der Waals surface area contributed by atoms with Crippen LogP contribution < -0.4 is 0 Å². The van der Waals surface area contributed by atoms with Crippen molar-refractivity contribution in [1.29, 1.82) is 0 Å². The lowest BCUT2D eigenvalue weighted by Crippen LogP contribution is -2.07. The van der Waals surface area contributed by atoms with Crippen LogP contribution in [0.4, 0.5) is 0 Å². The molecule has 0 amide bonds. The summed E-state index contributed by atoms with van der Waals surface area (Å²) in [7, 11) is 0. The predicted octanol–water partition coefficient (Wildman–Crippen LogP) is 3.56. The fraction of sp³-hybridized carbons (Fsp3) is 0.533. The van der Waals surface area contributed by atoms with E-state index in [0.717, 1.165) is 24.0 Å². The summed E-state index contributed by atoms with van der Waals surface area (Å²) in [6.07, 6.45) is 2.46. The SMILES string of the molecule is Cc1cc(O)cc(C)c1CCCC(=O)C(C)C. The van der Waals surface area contributed by atoms with Crippen molar-refractivity contribution >= 4 is 5.78 Å². The summed E-state index contributed by atoms with van der Waals surface area (Å²) in [5.74, 6) is 0.790. The van der Waals surface area contributed by atoms with Crippen LogP contribution in [0.15, 0.2) is 12.1 Å². The lowest BCUT2D eigenvalue weighted by Gasteiger charge is -2.10. The number of rotatable bonds is 5. The molecule has 0 saturated carbocycles. The minimum atomic E-state index is 0.136. The molecule has 0 radical (unpaired) electrons. The molecule has 1 aromatic rings. The highest BCUT2D eigenvalue weighted by atomic mass is 16.3. The zero-order chi connectivity index (χ0) is 13.0. The molecule has 0 bridgehead atoms. The summed E-state index contributed by atoms with van der Waals surface area (Å²) in [6, 6.07) is 3.57. The van der Waals surface area contributed by atoms with E-state index in [1.54, 1.807) is 12.1 Å². The number of phenolic OH excluding ortho intramolecular Hbond substituents is 1. The Balaban J connectivity index is 2.61. The maximum Gasteiger partial charge on any atom is 0.135 e. The Morgan fingerprint density at radius 1 is 1.24 bits per heavy atom. The molecule has 94 valence electrons. The van der Waals surface area contributed by atoms with Crippen LogP contribution in [-0.2, 0) is 11.2 Å². The molecule has 2 heteroatoms. The molecule has 0 fully saturated rings. The fourth-order valence-corrected chi connectivity index (χ4v) is 2.09. The number of ketones is 1. The molecule has 1 N–H and O–H groups in total. The van der Waals surface area contributed by atoms with Gasteiger partial charge in [0.1, 0.15) is 11.5 Å². The monoisotopic (exact) mass is 234 g/mol. The molecular formula is C15H22O2. The van der Waals surface area contributed by atoms with Crippen LogP contribution in [-0.4, -0.2) is 10.9 Å². The van der Waals surface area contributed by atoms with Crippen LogP contribution in [0.25, 0.3) is 0 Å². The summed E-state index contributed by atoms with van der Waals surface area (Å²) in [4.78, 5) is 11.5. The largest absolute Gasteiger partial charge is 0.508 e. The molecule has 0 saturated heterocycles. The normalized spacial score (nSPS) is 10.9. The molecule has 0 aliphatic rings. The van der Waals surface area contributed by atoms with Crippen molar-refractivity contribution in [2.45, 2.75) is 47.0 Å². The Bertz CT molecular complexity index is 382. The highest BCUT2D eigenvalue weighted by molar-refractivity contribution is 5.80. The van der Waals surface area contributed by atoms with E-state index in [9.17, 15) is 9.90 Å². The predicted molar refractivity (Wildman–Crippen MR) is 70.4 cm³/mol. The molecule has 2 nitrogen and oxygen atoms in total. The van der Waals surface area contributed by atoms with Gasteiger partial charge in [-0.25, -0.2) is 0 Å². The van der Waals surface area contributed by atoms with Crippen molar-refractivity contribution < 1.29 is 9.90 Å². The number of hydrogen-bond donors (Lipinski definition) is 1. The van der Waals surface area contributed by atoms with Gasteiger partial charge >= 0.3 is 0 Å². The Kier molecular flexibility index (Phi) is 4.73. The van der Waals surface area contributed by atoms with Gasteiger partial charge in [0.2, 0.25) is 0 Å². The van der Waals surface area contributed by atoms with Gasteiger partial charge in [-0.15, -0.1) is 0 Å². The minimum Gasteiger partial charge on any atom is -0.508 e. The lowest BCUT2D eigenvalue weighted by atomic mass is 9.95. The van der Waals surface area contributed by atoms with E-state index in [-0.39, 0.29) is 5.92 Å². The standard InChI is InChI=1S/C15H22O2/c1-10(2)15(17)7-5-6-14-11(3)8-13(16)9-12(14)4/h8-10,16H,5-7H2,1-4H3. The molecule has 0 unspecified atom stereocenters. The van der Waals surface area contributed by atoms with Crippen molar-refractivity contribution in [3.05, 3.63) is 28.8 Å². The highest BCUT2D eigenvalue weighted by Gasteiger charge is 2.09. The summed E-state index contributed by atoms with van der Waals surface area (Å²) in [5.41, 5.74) is 3.48. The average Bonchev–Trinajstić information content (AvgIpc) is 2.21. The quantitative estimate of drug-likeness (QED) is 0.845. The van der Waals surface area contributed by atoms with Crippen molar-refractivity contribution in [2.75, 3.05) is 0 Å². The third-order valence-electron chi connectivity index (χ3n) is 3.17. The van der Waals surface area contributed by atoms with Gasteiger partial charge in [0, 0.05) is 12.3 Å². The van der Waals surface area contributed by atoms with E-state index in [1.165, 1.54) is 5.56 Å². The topological polar surface area (TPSA) is 37.3 Å². The van der Waals surface area contributed by atoms with Crippen LogP contribution in [0.5, 0.6) is 5.75 Å². The summed E-state index contributed by atoms with van der Waals surface area (Å²) in [6.45, 7) is 7.90. The molecule has 0 aliphatic heterocycles. The van der Waals surface area contributed by atoms with Crippen LogP contribution >= 0.6 is 0 Å². The summed E-state index contributed by atoms with van der Waals surface area (Å²) >= 11 is 0. The Morgan fingerprint density at radius 3 is 2.24 bits per heavy atom. The third kappa shape index (κ3) is 3.88. The Labute approximate surface area is 104 Å². The maximum atomic E-state index is 11.5. The van der Waals surface area contributed by atoms with E-state index in [2.05, 4.69) is 0 Å². The first-order valence-electron chi connectivity index (χ1n) is 6.23. The smallest absolute Gasteiger partial charge is 0.135 e. The second kappa shape index (κ2) is 5.85. The van der Waals surface area contributed by atoms with Gasteiger partial charge in [-0.05, 0) is 55.5 Å². The summed E-state index contributed by atoms with van der Waals surface area (Å²) < 4.78 is 0. The number of phenols is 1. The van der Waals surface area contributed by atoms with Gasteiger partial charge in [0.25, 0.3) is 0 Å². The van der Waals surface area contributed by atoms with Crippen LogP contribution in [0.1, 0.15) is 43.4 Å². The van der Waals surface area contributed by atoms with Gasteiger partial charge in [-0.3, -0.25) is 4.79 Å². The third-order valence-corrected chi connectivity index (χ3v) is 3.17. The van der Waals surface area contributed by atoms with Gasteiger partial charge in [0.15, 0.2) is 0 Å². The van der Waals surface area contributed by atoms with Crippen LogP contribution in [0, 0.1) is 19.8 Å². The molecule has 0 spiro atoms. The second-order valence-electron chi connectivity index (χ2n) is 5.03. The van der Waals surface area contributed by atoms with Crippen molar-refractivity contribution in [3.8, 4) is 5.75 Å². The molecule has 0 atom stereocenters. The number of benzene rings is 1. The van der Waals surface area contributed by atoms with Gasteiger partial charge in [-0.1, -0.05) is 13.8 Å². The number of Topliss-reactive ketones (excluding diaryl/α,β-unsaturated/α-hetero) is 1. The van der Waals surface area contributed by atoms with E-state index >= 15 is 0 Å². The summed E-state index contributed by atoms with van der Waals surface area (Å²) in [5, 5.41) is 9.45. The average molecular weight is 234 g/mol. The number of hydrogen-bond acceptors (Lipinski definition) is 2. The highest BCUT2D eigenvalue weighted by Crippen LogP contribution is 2.22. The fourth-order valence-electron chi connectivity index (χ4n) is 2.09.